The monoisotopic (exact) mass is 373 g/mol. The Balaban J connectivity index is 1.80. The average molecular weight is 373 g/mol. The number of benzene rings is 2. The maximum Gasteiger partial charge on any atom is 0.328 e. The topological polar surface area (TPSA) is 125 Å². The van der Waals surface area contributed by atoms with Crippen molar-refractivity contribution in [3.63, 3.8) is 0 Å². The van der Waals surface area contributed by atoms with Gasteiger partial charge in [-0.05, 0) is 43.4 Å². The molecular weight excluding hydrogens is 358 g/mol. The number of nitro benzene ring substituents is 1. The second kappa shape index (κ2) is 8.53. The van der Waals surface area contributed by atoms with E-state index in [4.69, 9.17) is 12.2 Å². The highest BCUT2D eigenvalue weighted by molar-refractivity contribution is 7.80. The van der Waals surface area contributed by atoms with E-state index in [0.717, 1.165) is 5.56 Å². The molecule has 0 atom stereocenters. The van der Waals surface area contributed by atoms with Crippen LogP contribution in [0.5, 0.6) is 0 Å². The third-order valence-electron chi connectivity index (χ3n) is 3.14. The number of rotatable bonds is 3. The Kier molecular flexibility index (Phi) is 6.17. The maximum atomic E-state index is 11.8. The van der Waals surface area contributed by atoms with Crippen LogP contribution in [0.4, 0.5) is 17.1 Å². The molecule has 26 heavy (non-hydrogen) atoms. The van der Waals surface area contributed by atoms with Crippen molar-refractivity contribution < 1.29 is 14.5 Å². The van der Waals surface area contributed by atoms with Crippen molar-refractivity contribution in [2.24, 2.45) is 0 Å². The summed E-state index contributed by atoms with van der Waals surface area (Å²) in [6.07, 6.45) is 0. The van der Waals surface area contributed by atoms with Gasteiger partial charge in [-0.15, -0.1) is 0 Å². The molecule has 10 heteroatoms. The van der Waals surface area contributed by atoms with Crippen LogP contribution < -0.4 is 21.5 Å². The largest absolute Gasteiger partial charge is 0.331 e. The number of anilines is 2. The Bertz CT molecular complexity index is 837. The smallest absolute Gasteiger partial charge is 0.328 e. The summed E-state index contributed by atoms with van der Waals surface area (Å²) in [6, 6.07) is 12.5. The van der Waals surface area contributed by atoms with Gasteiger partial charge in [0.05, 0.1) is 4.92 Å². The number of nitrogens with one attached hydrogen (secondary N) is 4. The molecule has 2 amide bonds. The fraction of sp³-hybridized carbons (Fsp3) is 0.0625. The molecule has 0 saturated carbocycles. The number of amides is 2. The van der Waals surface area contributed by atoms with Crippen LogP contribution in [0.1, 0.15) is 5.56 Å². The fourth-order valence-corrected chi connectivity index (χ4v) is 1.99. The molecule has 0 aromatic heterocycles. The van der Waals surface area contributed by atoms with Gasteiger partial charge in [-0.1, -0.05) is 17.7 Å². The molecular formula is C16H15N5O4S. The summed E-state index contributed by atoms with van der Waals surface area (Å²) < 4.78 is 0. The highest BCUT2D eigenvalue weighted by atomic mass is 32.1. The number of carbonyl (C=O) groups excluding carboxylic acids is 2. The van der Waals surface area contributed by atoms with E-state index in [-0.39, 0.29) is 10.8 Å². The summed E-state index contributed by atoms with van der Waals surface area (Å²) in [7, 11) is 0. The lowest BCUT2D eigenvalue weighted by Crippen LogP contribution is -2.48. The molecule has 0 heterocycles. The van der Waals surface area contributed by atoms with Crippen LogP contribution in [0.15, 0.2) is 48.5 Å². The number of thiocarbonyl (C=S) groups is 1. The first kappa shape index (κ1) is 18.8. The highest BCUT2D eigenvalue weighted by Gasteiger charge is 2.14. The zero-order valence-corrected chi connectivity index (χ0v) is 14.4. The molecule has 0 aliphatic heterocycles. The molecule has 2 rings (SSSR count). The number of hydrazine groups is 1. The molecule has 2 aromatic carbocycles. The van der Waals surface area contributed by atoms with Crippen molar-refractivity contribution in [2.75, 3.05) is 10.6 Å². The second-order valence-electron chi connectivity index (χ2n) is 5.16. The normalized spacial score (nSPS) is 9.73. The first-order chi connectivity index (χ1) is 12.3. The third-order valence-corrected chi connectivity index (χ3v) is 3.35. The lowest BCUT2D eigenvalue weighted by Gasteiger charge is -2.11. The minimum atomic E-state index is -0.932. The van der Waals surface area contributed by atoms with Crippen LogP contribution in [0.3, 0.4) is 0 Å². The molecule has 2 aromatic rings. The van der Waals surface area contributed by atoms with Gasteiger partial charge >= 0.3 is 11.8 Å². The fourth-order valence-electron chi connectivity index (χ4n) is 1.82. The van der Waals surface area contributed by atoms with E-state index in [1.807, 2.05) is 6.92 Å². The van der Waals surface area contributed by atoms with Gasteiger partial charge in [0, 0.05) is 23.5 Å². The maximum absolute atomic E-state index is 11.8. The van der Waals surface area contributed by atoms with Crippen molar-refractivity contribution >= 4 is 46.2 Å². The first-order valence-electron chi connectivity index (χ1n) is 7.34. The molecule has 0 saturated heterocycles. The Morgan fingerprint density at radius 2 is 1.42 bits per heavy atom. The van der Waals surface area contributed by atoms with E-state index in [1.165, 1.54) is 24.3 Å². The van der Waals surface area contributed by atoms with Gasteiger partial charge in [-0.25, -0.2) is 0 Å². The van der Waals surface area contributed by atoms with Gasteiger partial charge in [0.2, 0.25) is 0 Å². The van der Waals surface area contributed by atoms with Crippen LogP contribution in [0, 0.1) is 17.0 Å². The molecule has 9 nitrogen and oxygen atoms in total. The summed E-state index contributed by atoms with van der Waals surface area (Å²) in [5, 5.41) is 15.7. The van der Waals surface area contributed by atoms with Crippen molar-refractivity contribution in [1.29, 1.82) is 0 Å². The quantitative estimate of drug-likeness (QED) is 0.280. The van der Waals surface area contributed by atoms with Crippen LogP contribution in [0.2, 0.25) is 0 Å². The van der Waals surface area contributed by atoms with Crippen LogP contribution in [0.25, 0.3) is 0 Å². The van der Waals surface area contributed by atoms with Crippen LogP contribution in [-0.4, -0.2) is 21.9 Å². The van der Waals surface area contributed by atoms with Gasteiger partial charge in [0.1, 0.15) is 0 Å². The van der Waals surface area contributed by atoms with Gasteiger partial charge < -0.3 is 10.6 Å². The molecule has 0 bridgehead atoms. The zero-order chi connectivity index (χ0) is 19.1. The standard InChI is InChI=1S/C16H15N5O4S/c1-10-2-4-11(5-3-10)17-14(22)15(23)19-20-16(26)18-12-6-8-13(9-7-12)21(24)25/h2-9H,1H3,(H,17,22)(H,19,23)(H2,18,20,26). The van der Waals surface area contributed by atoms with Gasteiger partial charge in [0.15, 0.2) is 5.11 Å². The van der Waals surface area contributed by atoms with Crippen LogP contribution >= 0.6 is 12.2 Å². The average Bonchev–Trinajstić information content (AvgIpc) is 2.62. The molecule has 0 spiro atoms. The molecule has 134 valence electrons. The van der Waals surface area contributed by atoms with Crippen molar-refractivity contribution in [3.05, 3.63) is 64.2 Å². The van der Waals surface area contributed by atoms with Gasteiger partial charge in [0.25, 0.3) is 5.69 Å². The second-order valence-corrected chi connectivity index (χ2v) is 5.57. The van der Waals surface area contributed by atoms with Gasteiger partial charge in [-0.3, -0.25) is 30.6 Å². The van der Waals surface area contributed by atoms with E-state index >= 15 is 0 Å². The SMILES string of the molecule is Cc1ccc(NC(=O)C(=O)NNC(=S)Nc2ccc([N+](=O)[O-])cc2)cc1. The van der Waals surface area contributed by atoms with Crippen molar-refractivity contribution in [3.8, 4) is 0 Å². The Morgan fingerprint density at radius 1 is 0.885 bits per heavy atom. The zero-order valence-electron chi connectivity index (χ0n) is 13.6. The molecule has 0 fully saturated rings. The minimum Gasteiger partial charge on any atom is -0.331 e. The summed E-state index contributed by atoms with van der Waals surface area (Å²) in [5.74, 6) is -1.79. The summed E-state index contributed by atoms with van der Waals surface area (Å²) in [6.45, 7) is 1.90. The Hall–Kier alpha value is -3.53. The van der Waals surface area contributed by atoms with E-state index in [9.17, 15) is 19.7 Å². The number of nitro groups is 1. The molecule has 0 unspecified atom stereocenters. The number of non-ortho nitro benzene ring substituents is 1. The number of hydrogen-bond acceptors (Lipinski definition) is 5. The summed E-state index contributed by atoms with van der Waals surface area (Å²) in [4.78, 5) is 33.6. The minimum absolute atomic E-state index is 0.00957. The number of carbonyl (C=O) groups is 2. The highest BCUT2D eigenvalue weighted by Crippen LogP contribution is 2.15. The number of hydrogen-bond donors (Lipinski definition) is 4. The summed E-state index contributed by atoms with van der Waals surface area (Å²) >= 11 is 4.97. The predicted molar refractivity (Wildman–Crippen MR) is 100 cm³/mol. The first-order valence-corrected chi connectivity index (χ1v) is 7.75. The van der Waals surface area contributed by atoms with E-state index in [2.05, 4.69) is 21.5 Å². The summed E-state index contributed by atoms with van der Waals surface area (Å²) in [5.41, 5.74) is 6.45. The lowest BCUT2D eigenvalue weighted by molar-refractivity contribution is -0.384. The van der Waals surface area contributed by atoms with E-state index < -0.39 is 16.7 Å². The molecule has 4 N–H and O–H groups in total. The molecule has 0 radical (unpaired) electrons. The molecule has 0 aliphatic rings. The molecule has 0 aliphatic carbocycles. The lowest BCUT2D eigenvalue weighted by atomic mass is 10.2. The number of nitrogens with zero attached hydrogens (tertiary/aromatic N) is 1. The van der Waals surface area contributed by atoms with Crippen molar-refractivity contribution in [1.82, 2.24) is 10.9 Å². The number of aryl methyl sites for hydroxylation is 1. The van der Waals surface area contributed by atoms with E-state index in [0.29, 0.717) is 11.4 Å². The Labute approximate surface area is 153 Å². The van der Waals surface area contributed by atoms with Crippen molar-refractivity contribution in [2.45, 2.75) is 6.92 Å². The third kappa shape index (κ3) is 5.53. The van der Waals surface area contributed by atoms with Crippen LogP contribution in [-0.2, 0) is 9.59 Å². The Morgan fingerprint density at radius 3 is 2.00 bits per heavy atom. The predicted octanol–water partition coefficient (Wildman–Crippen LogP) is 1.86. The van der Waals surface area contributed by atoms with E-state index in [1.54, 1.807) is 24.3 Å². The van der Waals surface area contributed by atoms with Gasteiger partial charge in [-0.2, -0.15) is 0 Å².